The fourth-order valence-electron chi connectivity index (χ4n) is 1.93. The second-order valence-corrected chi connectivity index (χ2v) is 4.69. The molecule has 18 heavy (non-hydrogen) atoms. The third kappa shape index (κ3) is 2.74. The zero-order valence-electron chi connectivity index (χ0n) is 9.48. The summed E-state index contributed by atoms with van der Waals surface area (Å²) in [5.74, 6) is 0.0932. The molecule has 3 N–H and O–H groups in total. The van der Waals surface area contributed by atoms with Gasteiger partial charge < -0.3 is 10.9 Å². The van der Waals surface area contributed by atoms with E-state index in [0.29, 0.717) is 13.0 Å². The summed E-state index contributed by atoms with van der Waals surface area (Å²) in [6, 6.07) is 0. The second kappa shape index (κ2) is 4.18. The number of nitrogens with zero attached hydrogens (tertiary/aromatic N) is 3. The highest BCUT2D eigenvalue weighted by atomic mass is 19.4. The number of nitrogens with two attached hydrogens (primary N) is 1. The Morgan fingerprint density at radius 3 is 2.67 bits per heavy atom. The van der Waals surface area contributed by atoms with Crippen LogP contribution in [0.5, 0.6) is 0 Å². The fourth-order valence-corrected chi connectivity index (χ4v) is 1.93. The van der Waals surface area contributed by atoms with Gasteiger partial charge in [0.2, 0.25) is 0 Å². The molecule has 5 nitrogen and oxygen atoms in total. The molecule has 0 bridgehead atoms. The van der Waals surface area contributed by atoms with Crippen molar-refractivity contribution < 1.29 is 18.4 Å². The summed E-state index contributed by atoms with van der Waals surface area (Å²) >= 11 is 0. The van der Waals surface area contributed by atoms with Crippen molar-refractivity contribution in [3.05, 3.63) is 18.0 Å². The van der Waals surface area contributed by atoms with Gasteiger partial charge in [-0.05, 0) is 18.3 Å². The topological polar surface area (TPSA) is 76.4 Å². The van der Waals surface area contributed by atoms with E-state index >= 15 is 0 Å². The van der Waals surface area contributed by atoms with Gasteiger partial charge in [0.1, 0.15) is 5.84 Å². The average Bonchev–Trinajstić information content (AvgIpc) is 2.84. The normalized spacial score (nSPS) is 18.9. The van der Waals surface area contributed by atoms with Gasteiger partial charge in [-0.2, -0.15) is 18.3 Å². The van der Waals surface area contributed by atoms with E-state index in [1.54, 1.807) is 0 Å². The zero-order chi connectivity index (χ0) is 13.4. The van der Waals surface area contributed by atoms with Crippen LogP contribution in [-0.4, -0.2) is 20.8 Å². The van der Waals surface area contributed by atoms with Gasteiger partial charge >= 0.3 is 6.18 Å². The molecular weight excluding hydrogens is 249 g/mol. The summed E-state index contributed by atoms with van der Waals surface area (Å²) in [6.07, 6.45) is -0.550. The molecule has 0 amide bonds. The molecule has 0 aliphatic heterocycles. The quantitative estimate of drug-likeness (QED) is 0.376. The molecule has 0 saturated heterocycles. The Labute approximate surface area is 101 Å². The number of halogens is 3. The standard InChI is InChI=1S/C10H13F3N4O/c11-10(12,13)7-4-15-17(5-7)6-9(1-2-9)3-8(14)16-18/h4-5,18H,1-3,6H2,(H2,14,16). The van der Waals surface area contributed by atoms with Crippen molar-refractivity contribution in [2.75, 3.05) is 0 Å². The molecule has 0 unspecified atom stereocenters. The highest BCUT2D eigenvalue weighted by Crippen LogP contribution is 2.50. The van der Waals surface area contributed by atoms with Gasteiger partial charge in [-0.1, -0.05) is 5.16 Å². The van der Waals surface area contributed by atoms with Crippen molar-refractivity contribution in [2.24, 2.45) is 16.3 Å². The number of hydrogen-bond donors (Lipinski definition) is 2. The second-order valence-electron chi connectivity index (χ2n) is 4.69. The van der Waals surface area contributed by atoms with E-state index in [4.69, 9.17) is 10.9 Å². The van der Waals surface area contributed by atoms with Crippen LogP contribution in [-0.2, 0) is 12.7 Å². The molecule has 1 aromatic rings. The number of rotatable bonds is 4. The van der Waals surface area contributed by atoms with Crippen molar-refractivity contribution in [1.82, 2.24) is 9.78 Å². The molecule has 0 radical (unpaired) electrons. The maximum absolute atomic E-state index is 12.4. The van der Waals surface area contributed by atoms with Crippen LogP contribution >= 0.6 is 0 Å². The Balaban J connectivity index is 2.04. The minimum absolute atomic E-state index is 0.0932. The molecule has 1 saturated carbocycles. The maximum Gasteiger partial charge on any atom is 0.419 e. The fraction of sp³-hybridized carbons (Fsp3) is 0.600. The van der Waals surface area contributed by atoms with Crippen molar-refractivity contribution in [3.8, 4) is 0 Å². The van der Waals surface area contributed by atoms with Crippen LogP contribution in [0.1, 0.15) is 24.8 Å². The lowest BCUT2D eigenvalue weighted by molar-refractivity contribution is -0.137. The van der Waals surface area contributed by atoms with Gasteiger partial charge in [0.25, 0.3) is 0 Å². The summed E-state index contributed by atoms with van der Waals surface area (Å²) < 4.78 is 38.4. The number of oxime groups is 1. The van der Waals surface area contributed by atoms with Crippen LogP contribution in [0.25, 0.3) is 0 Å². The van der Waals surface area contributed by atoms with Gasteiger partial charge in [-0.25, -0.2) is 0 Å². The van der Waals surface area contributed by atoms with Crippen LogP contribution in [0.4, 0.5) is 13.2 Å². The van der Waals surface area contributed by atoms with Crippen molar-refractivity contribution in [1.29, 1.82) is 0 Å². The van der Waals surface area contributed by atoms with Crippen molar-refractivity contribution in [3.63, 3.8) is 0 Å². The largest absolute Gasteiger partial charge is 0.419 e. The van der Waals surface area contributed by atoms with E-state index in [1.807, 2.05) is 0 Å². The van der Waals surface area contributed by atoms with Crippen LogP contribution in [0.2, 0.25) is 0 Å². The van der Waals surface area contributed by atoms with Gasteiger partial charge in [-0.3, -0.25) is 4.68 Å². The smallest absolute Gasteiger partial charge is 0.409 e. The monoisotopic (exact) mass is 262 g/mol. The molecule has 1 heterocycles. The van der Waals surface area contributed by atoms with Crippen LogP contribution in [0.3, 0.4) is 0 Å². The highest BCUT2D eigenvalue weighted by molar-refractivity contribution is 5.80. The Hall–Kier alpha value is -1.73. The summed E-state index contributed by atoms with van der Waals surface area (Å²) in [7, 11) is 0. The van der Waals surface area contributed by atoms with Gasteiger partial charge in [0.15, 0.2) is 0 Å². The first-order chi connectivity index (χ1) is 8.35. The van der Waals surface area contributed by atoms with Crippen LogP contribution < -0.4 is 5.73 Å². The third-order valence-electron chi connectivity index (χ3n) is 3.10. The van der Waals surface area contributed by atoms with E-state index in [9.17, 15) is 13.2 Å². The average molecular weight is 262 g/mol. The lowest BCUT2D eigenvalue weighted by atomic mass is 10.0. The maximum atomic E-state index is 12.4. The summed E-state index contributed by atoms with van der Waals surface area (Å²) in [6.45, 7) is 0.347. The predicted octanol–water partition coefficient (Wildman–Crippen LogP) is 1.82. The minimum atomic E-state index is -4.37. The molecule has 0 spiro atoms. The van der Waals surface area contributed by atoms with Gasteiger partial charge in [0, 0.05) is 19.2 Å². The van der Waals surface area contributed by atoms with Crippen molar-refractivity contribution in [2.45, 2.75) is 32.0 Å². The first kappa shape index (κ1) is 12.7. The minimum Gasteiger partial charge on any atom is -0.409 e. The summed E-state index contributed by atoms with van der Waals surface area (Å²) in [5.41, 5.74) is 4.44. The lowest BCUT2D eigenvalue weighted by Gasteiger charge is -2.13. The molecule has 1 aromatic heterocycles. The highest BCUT2D eigenvalue weighted by Gasteiger charge is 2.44. The molecule has 0 aromatic carbocycles. The number of alkyl halides is 3. The summed E-state index contributed by atoms with van der Waals surface area (Å²) in [4.78, 5) is 0. The lowest BCUT2D eigenvalue weighted by Crippen LogP contribution is -2.21. The first-order valence-corrected chi connectivity index (χ1v) is 5.41. The Morgan fingerprint density at radius 1 is 1.56 bits per heavy atom. The van der Waals surface area contributed by atoms with E-state index in [0.717, 1.165) is 25.2 Å². The molecule has 1 aliphatic rings. The van der Waals surface area contributed by atoms with Gasteiger partial charge in [-0.15, -0.1) is 0 Å². The third-order valence-corrected chi connectivity index (χ3v) is 3.10. The predicted molar refractivity (Wildman–Crippen MR) is 56.9 cm³/mol. The number of amidine groups is 1. The zero-order valence-corrected chi connectivity index (χ0v) is 9.48. The molecule has 1 fully saturated rings. The molecule has 0 atom stereocenters. The van der Waals surface area contributed by atoms with Crippen molar-refractivity contribution >= 4 is 5.84 Å². The first-order valence-electron chi connectivity index (χ1n) is 5.41. The molecule has 1 aliphatic carbocycles. The molecule has 100 valence electrons. The number of aromatic nitrogens is 2. The van der Waals surface area contributed by atoms with E-state index in [-0.39, 0.29) is 11.3 Å². The van der Waals surface area contributed by atoms with Crippen LogP contribution in [0, 0.1) is 5.41 Å². The van der Waals surface area contributed by atoms with E-state index in [1.165, 1.54) is 4.68 Å². The summed E-state index contributed by atoms with van der Waals surface area (Å²) in [5, 5.41) is 15.1. The Morgan fingerprint density at radius 2 is 2.22 bits per heavy atom. The van der Waals surface area contributed by atoms with E-state index in [2.05, 4.69) is 10.3 Å². The Bertz CT molecular complexity index is 462. The Kier molecular flexibility index (Phi) is 2.95. The molecular formula is C10H13F3N4O. The van der Waals surface area contributed by atoms with Crippen LogP contribution in [0.15, 0.2) is 17.5 Å². The van der Waals surface area contributed by atoms with Gasteiger partial charge in [0.05, 0.1) is 11.8 Å². The number of hydrogen-bond acceptors (Lipinski definition) is 3. The molecule has 8 heteroatoms. The van der Waals surface area contributed by atoms with E-state index < -0.39 is 11.7 Å². The SMILES string of the molecule is NC(CC1(Cn2cc(C(F)(F)F)cn2)CC1)=NO. The molecule has 2 rings (SSSR count).